The van der Waals surface area contributed by atoms with Gasteiger partial charge in [-0.3, -0.25) is 9.59 Å². The molecule has 4 N–H and O–H groups in total. The molecule has 1 aliphatic heterocycles. The molecule has 0 saturated carbocycles. The van der Waals surface area contributed by atoms with Gasteiger partial charge in [0, 0.05) is 16.7 Å². The Labute approximate surface area is 236 Å². The molecule has 0 spiro atoms. The molecule has 2 atom stereocenters. The molecule has 0 aliphatic carbocycles. The van der Waals surface area contributed by atoms with Crippen molar-refractivity contribution in [2.75, 3.05) is 33.5 Å². The first-order chi connectivity index (χ1) is 19.7. The molecule has 0 unspecified atom stereocenters. The number of hydrogen-bond donors (Lipinski definition) is 3. The number of benzene rings is 2. The number of pyridine rings is 1. The number of carbonyl (C=O) groups excluding carboxylic acids is 2. The van der Waals surface area contributed by atoms with Gasteiger partial charge >= 0.3 is 6.18 Å². The molecule has 0 saturated heterocycles. The number of fused-ring (bicyclic) bond motifs is 1. The van der Waals surface area contributed by atoms with Crippen molar-refractivity contribution in [3.8, 4) is 28.5 Å². The van der Waals surface area contributed by atoms with E-state index in [0.29, 0.717) is 0 Å². The van der Waals surface area contributed by atoms with Gasteiger partial charge in [-0.25, -0.2) is 13.8 Å². The van der Waals surface area contributed by atoms with E-state index in [2.05, 4.69) is 10.3 Å². The SMILES string of the molecule is COc1cc(C(=O)NC[C@](O)(c2cc3c(c(-c4ccc(F)cc4)n2)OC[C@]3(C)C(N)=O)C(F)(F)F)ccc1OCCF. The Morgan fingerprint density at radius 2 is 1.83 bits per heavy atom. The van der Waals surface area contributed by atoms with Crippen LogP contribution < -0.4 is 25.3 Å². The zero-order valence-corrected chi connectivity index (χ0v) is 22.4. The molecule has 14 heteroatoms. The monoisotopic (exact) mass is 595 g/mol. The van der Waals surface area contributed by atoms with Gasteiger partial charge in [0.15, 0.2) is 11.5 Å². The molecule has 1 aliphatic rings. The number of nitrogens with one attached hydrogen (secondary N) is 1. The number of alkyl halides is 4. The van der Waals surface area contributed by atoms with E-state index in [-0.39, 0.29) is 52.8 Å². The van der Waals surface area contributed by atoms with Crippen LogP contribution in [-0.4, -0.2) is 61.6 Å². The molecular weight excluding hydrogens is 569 g/mol. The van der Waals surface area contributed by atoms with Crippen molar-refractivity contribution >= 4 is 11.8 Å². The molecule has 3 aromatic rings. The fourth-order valence-electron chi connectivity index (χ4n) is 4.33. The number of hydrogen-bond acceptors (Lipinski definition) is 7. The molecule has 42 heavy (non-hydrogen) atoms. The fraction of sp³-hybridized carbons (Fsp3) is 0.321. The molecule has 0 radical (unpaired) electrons. The average Bonchev–Trinajstić information content (AvgIpc) is 3.31. The van der Waals surface area contributed by atoms with Gasteiger partial charge in [0.1, 0.15) is 42.6 Å². The summed E-state index contributed by atoms with van der Waals surface area (Å²) in [6.45, 7) is -1.41. The molecule has 9 nitrogen and oxygen atoms in total. The van der Waals surface area contributed by atoms with E-state index >= 15 is 0 Å². The summed E-state index contributed by atoms with van der Waals surface area (Å²) < 4.78 is 85.6. The van der Waals surface area contributed by atoms with Gasteiger partial charge in [-0.2, -0.15) is 13.2 Å². The minimum Gasteiger partial charge on any atom is -0.493 e. The smallest absolute Gasteiger partial charge is 0.424 e. The second-order valence-corrected chi connectivity index (χ2v) is 9.67. The van der Waals surface area contributed by atoms with Crippen molar-refractivity contribution in [2.45, 2.75) is 24.1 Å². The van der Waals surface area contributed by atoms with Crippen LogP contribution in [0.25, 0.3) is 11.3 Å². The third kappa shape index (κ3) is 5.53. The van der Waals surface area contributed by atoms with E-state index in [1.54, 1.807) is 0 Å². The van der Waals surface area contributed by atoms with Crippen molar-refractivity contribution in [1.82, 2.24) is 10.3 Å². The topological polar surface area (TPSA) is 133 Å². The minimum atomic E-state index is -5.38. The summed E-state index contributed by atoms with van der Waals surface area (Å²) in [5.41, 5.74) is -1.02. The predicted molar refractivity (Wildman–Crippen MR) is 138 cm³/mol. The van der Waals surface area contributed by atoms with Crippen LogP contribution >= 0.6 is 0 Å². The summed E-state index contributed by atoms with van der Waals surface area (Å²) in [6, 6.07) is 9.12. The zero-order chi connectivity index (χ0) is 30.9. The Balaban J connectivity index is 1.76. The lowest BCUT2D eigenvalue weighted by Crippen LogP contribution is -2.51. The van der Waals surface area contributed by atoms with Crippen molar-refractivity contribution in [3.63, 3.8) is 0 Å². The first-order valence-corrected chi connectivity index (χ1v) is 12.4. The second kappa shape index (κ2) is 11.4. The Hall–Kier alpha value is -4.46. The number of primary amides is 1. The number of ether oxygens (including phenoxy) is 3. The van der Waals surface area contributed by atoms with E-state index in [1.165, 1.54) is 44.4 Å². The molecule has 2 heterocycles. The van der Waals surface area contributed by atoms with Crippen molar-refractivity contribution in [2.24, 2.45) is 5.73 Å². The number of halogens is 5. The number of carbonyl (C=O) groups is 2. The largest absolute Gasteiger partial charge is 0.493 e. The van der Waals surface area contributed by atoms with E-state index in [9.17, 15) is 36.6 Å². The second-order valence-electron chi connectivity index (χ2n) is 9.67. The normalized spacial score (nSPS) is 17.5. The molecule has 2 amide bonds. The highest BCUT2D eigenvalue weighted by Gasteiger charge is 2.57. The van der Waals surface area contributed by atoms with Crippen LogP contribution in [0.1, 0.15) is 28.5 Å². The van der Waals surface area contributed by atoms with E-state index in [1.807, 2.05) is 0 Å². The maximum Gasteiger partial charge on any atom is 0.424 e. The number of nitrogens with zero attached hydrogens (tertiary/aromatic N) is 1. The van der Waals surface area contributed by atoms with Crippen LogP contribution in [0.4, 0.5) is 22.0 Å². The third-order valence-corrected chi connectivity index (χ3v) is 6.89. The van der Waals surface area contributed by atoms with Crippen LogP contribution in [0.15, 0.2) is 48.5 Å². The Morgan fingerprint density at radius 1 is 1.14 bits per heavy atom. The maximum atomic E-state index is 14.5. The molecule has 0 bridgehead atoms. The van der Waals surface area contributed by atoms with Crippen LogP contribution in [0.2, 0.25) is 0 Å². The Morgan fingerprint density at radius 3 is 2.43 bits per heavy atom. The van der Waals surface area contributed by atoms with Gasteiger partial charge in [0.05, 0.1) is 19.3 Å². The van der Waals surface area contributed by atoms with Crippen LogP contribution in [0, 0.1) is 5.82 Å². The lowest BCUT2D eigenvalue weighted by Gasteiger charge is -2.31. The number of rotatable bonds is 10. The van der Waals surface area contributed by atoms with E-state index in [0.717, 1.165) is 18.2 Å². The van der Waals surface area contributed by atoms with E-state index in [4.69, 9.17) is 19.9 Å². The molecule has 2 aromatic carbocycles. The van der Waals surface area contributed by atoms with Crippen LogP contribution in [0.3, 0.4) is 0 Å². The van der Waals surface area contributed by atoms with Gasteiger partial charge in [-0.05, 0) is 55.5 Å². The highest BCUT2D eigenvalue weighted by atomic mass is 19.4. The summed E-state index contributed by atoms with van der Waals surface area (Å²) in [5.74, 6) is -2.46. The van der Waals surface area contributed by atoms with Crippen molar-refractivity contribution < 1.29 is 50.9 Å². The van der Waals surface area contributed by atoms with Crippen LogP contribution in [0.5, 0.6) is 17.2 Å². The summed E-state index contributed by atoms with van der Waals surface area (Å²) in [5, 5.41) is 13.2. The summed E-state index contributed by atoms with van der Waals surface area (Å²) in [7, 11) is 1.25. The third-order valence-electron chi connectivity index (χ3n) is 6.89. The summed E-state index contributed by atoms with van der Waals surface area (Å²) >= 11 is 0. The van der Waals surface area contributed by atoms with E-state index < -0.39 is 53.7 Å². The Bertz CT molecular complexity index is 1500. The van der Waals surface area contributed by atoms with Crippen LogP contribution in [-0.2, 0) is 15.8 Å². The van der Waals surface area contributed by atoms with Gasteiger partial charge in [0.2, 0.25) is 11.5 Å². The number of amides is 2. The first-order valence-electron chi connectivity index (χ1n) is 12.4. The lowest BCUT2D eigenvalue weighted by molar-refractivity contribution is -0.265. The predicted octanol–water partition coefficient (Wildman–Crippen LogP) is 3.56. The standard InChI is InChI=1S/C28H26F5N3O6/c1-26(25(34)38)14-42-23-18(26)12-21(36-22(23)15-3-6-17(30)7-4-15)27(39,28(31,32)33)13-35-24(37)16-5-8-19(41-10-9-29)20(11-16)40-2/h3-8,11-12,39H,9-10,13-14H2,1-2H3,(H2,34,38)(H,35,37)/t26-,27-/m0/s1. The molecule has 0 fully saturated rings. The Kier molecular flexibility index (Phi) is 8.30. The average molecular weight is 596 g/mol. The fourth-order valence-corrected chi connectivity index (χ4v) is 4.33. The summed E-state index contributed by atoms with van der Waals surface area (Å²) in [6.07, 6.45) is -5.38. The van der Waals surface area contributed by atoms with Gasteiger partial charge in [-0.15, -0.1) is 0 Å². The first kappa shape index (κ1) is 30.5. The summed E-state index contributed by atoms with van der Waals surface area (Å²) in [4.78, 5) is 29.2. The molecular formula is C28H26F5N3O6. The maximum absolute atomic E-state index is 14.5. The molecule has 4 rings (SSSR count). The lowest BCUT2D eigenvalue weighted by atomic mass is 9.81. The van der Waals surface area contributed by atoms with Gasteiger partial charge in [-0.1, -0.05) is 0 Å². The minimum absolute atomic E-state index is 0.0251. The molecule has 224 valence electrons. The quantitative estimate of drug-likeness (QED) is 0.306. The zero-order valence-electron chi connectivity index (χ0n) is 22.4. The highest BCUT2D eigenvalue weighted by molar-refractivity contribution is 5.95. The van der Waals surface area contributed by atoms with Gasteiger partial charge in [0.25, 0.3) is 5.91 Å². The number of nitrogens with two attached hydrogens (primary N) is 1. The molecule has 1 aromatic heterocycles. The van der Waals surface area contributed by atoms with Crippen molar-refractivity contribution in [3.05, 3.63) is 71.2 Å². The van der Waals surface area contributed by atoms with Gasteiger partial charge < -0.3 is 30.4 Å². The number of aliphatic hydroxyl groups is 1. The van der Waals surface area contributed by atoms with Crippen molar-refractivity contribution in [1.29, 1.82) is 0 Å². The highest BCUT2D eigenvalue weighted by Crippen LogP contribution is 2.47. The number of aromatic nitrogens is 1. The number of methoxy groups -OCH3 is 1.